The summed E-state index contributed by atoms with van der Waals surface area (Å²) in [5, 5.41) is 1.08. The SMILES string of the molecule is O=C(c1nc2ccccc2s1)N1CCS[C@H](c2ccccc2)CC1. The molecular formula is C19H18N2OS2. The number of benzene rings is 2. The normalized spacial score (nSPS) is 18.5. The molecule has 1 aromatic heterocycles. The van der Waals surface area contributed by atoms with E-state index in [0.29, 0.717) is 10.3 Å². The number of rotatable bonds is 2. The molecule has 3 aromatic rings. The van der Waals surface area contributed by atoms with Gasteiger partial charge in [0.05, 0.1) is 10.2 Å². The van der Waals surface area contributed by atoms with Crippen LogP contribution < -0.4 is 0 Å². The van der Waals surface area contributed by atoms with Crippen LogP contribution in [-0.2, 0) is 0 Å². The van der Waals surface area contributed by atoms with Gasteiger partial charge in [0.2, 0.25) is 0 Å². The first-order chi connectivity index (χ1) is 11.8. The van der Waals surface area contributed by atoms with Crippen LogP contribution in [0.1, 0.15) is 27.0 Å². The van der Waals surface area contributed by atoms with E-state index in [0.717, 1.165) is 35.5 Å². The number of amides is 1. The van der Waals surface area contributed by atoms with Crippen molar-refractivity contribution in [1.29, 1.82) is 0 Å². The Hall–Kier alpha value is -1.85. The maximum atomic E-state index is 12.8. The molecule has 1 aliphatic rings. The number of aromatic nitrogens is 1. The maximum absolute atomic E-state index is 12.8. The molecule has 3 nitrogen and oxygen atoms in total. The van der Waals surface area contributed by atoms with Crippen LogP contribution in [0, 0.1) is 0 Å². The van der Waals surface area contributed by atoms with E-state index in [9.17, 15) is 4.79 Å². The molecule has 0 unspecified atom stereocenters. The van der Waals surface area contributed by atoms with Crippen molar-refractivity contribution >= 4 is 39.2 Å². The van der Waals surface area contributed by atoms with Gasteiger partial charge in [-0.25, -0.2) is 4.98 Å². The van der Waals surface area contributed by atoms with Crippen molar-refractivity contribution in [2.45, 2.75) is 11.7 Å². The van der Waals surface area contributed by atoms with Gasteiger partial charge in [0.15, 0.2) is 5.01 Å². The standard InChI is InChI=1S/C19H18N2OS2/c22-19(18-20-15-8-4-5-9-17(15)24-18)21-11-10-16(23-13-12-21)14-6-2-1-3-7-14/h1-9,16H,10-13H2/t16-/m0/s1. The van der Waals surface area contributed by atoms with Gasteiger partial charge in [-0.2, -0.15) is 11.8 Å². The summed E-state index contributed by atoms with van der Waals surface area (Å²) in [6, 6.07) is 18.5. The van der Waals surface area contributed by atoms with Gasteiger partial charge in [0.25, 0.3) is 5.91 Å². The third-order valence-corrected chi connectivity index (χ3v) is 6.63. The Kier molecular flexibility index (Phi) is 4.54. The molecule has 2 heterocycles. The fraction of sp³-hybridized carbons (Fsp3) is 0.263. The summed E-state index contributed by atoms with van der Waals surface area (Å²) in [6.45, 7) is 1.59. The molecule has 0 N–H and O–H groups in total. The second-order valence-electron chi connectivity index (χ2n) is 5.84. The van der Waals surface area contributed by atoms with Gasteiger partial charge in [0.1, 0.15) is 0 Å². The zero-order chi connectivity index (χ0) is 16.4. The van der Waals surface area contributed by atoms with E-state index < -0.39 is 0 Å². The second-order valence-corrected chi connectivity index (χ2v) is 8.18. The minimum atomic E-state index is 0.0745. The number of carbonyl (C=O) groups is 1. The topological polar surface area (TPSA) is 33.2 Å². The molecular weight excluding hydrogens is 336 g/mol. The summed E-state index contributed by atoms with van der Waals surface area (Å²) in [5.41, 5.74) is 2.27. The zero-order valence-electron chi connectivity index (χ0n) is 13.2. The fourth-order valence-corrected chi connectivity index (χ4v) is 5.17. The number of carbonyl (C=O) groups excluding carboxylic acids is 1. The van der Waals surface area contributed by atoms with Crippen LogP contribution in [0.15, 0.2) is 54.6 Å². The summed E-state index contributed by atoms with van der Waals surface area (Å²) in [4.78, 5) is 19.3. The van der Waals surface area contributed by atoms with E-state index in [1.54, 1.807) is 0 Å². The van der Waals surface area contributed by atoms with Crippen LogP contribution in [0.3, 0.4) is 0 Å². The van der Waals surface area contributed by atoms with E-state index in [1.807, 2.05) is 47.0 Å². The largest absolute Gasteiger partial charge is 0.336 e. The molecule has 0 bridgehead atoms. The predicted molar refractivity (Wildman–Crippen MR) is 102 cm³/mol. The second kappa shape index (κ2) is 6.95. The van der Waals surface area contributed by atoms with Gasteiger partial charge in [-0.1, -0.05) is 42.5 Å². The lowest BCUT2D eigenvalue weighted by Gasteiger charge is -2.19. The highest BCUT2D eigenvalue weighted by Gasteiger charge is 2.24. The summed E-state index contributed by atoms with van der Waals surface area (Å²) >= 11 is 3.44. The van der Waals surface area contributed by atoms with Gasteiger partial charge in [-0.3, -0.25) is 4.79 Å². The van der Waals surface area contributed by atoms with Gasteiger partial charge in [-0.05, 0) is 24.1 Å². The van der Waals surface area contributed by atoms with Crippen molar-refractivity contribution in [1.82, 2.24) is 9.88 Å². The Balaban J connectivity index is 1.49. The minimum Gasteiger partial charge on any atom is -0.336 e. The molecule has 0 aliphatic carbocycles. The number of hydrogen-bond donors (Lipinski definition) is 0. The molecule has 1 fully saturated rings. The lowest BCUT2D eigenvalue weighted by Crippen LogP contribution is -2.32. The summed E-state index contributed by atoms with van der Waals surface area (Å²) < 4.78 is 1.08. The molecule has 0 radical (unpaired) electrons. The number of nitrogens with zero attached hydrogens (tertiary/aromatic N) is 2. The monoisotopic (exact) mass is 354 g/mol. The van der Waals surface area contributed by atoms with Crippen molar-refractivity contribution in [3.05, 3.63) is 65.2 Å². The molecule has 5 heteroatoms. The van der Waals surface area contributed by atoms with Crippen LogP contribution in [0.2, 0.25) is 0 Å². The van der Waals surface area contributed by atoms with Crippen molar-refractivity contribution in [3.8, 4) is 0 Å². The van der Waals surface area contributed by atoms with Crippen LogP contribution >= 0.6 is 23.1 Å². The number of fused-ring (bicyclic) bond motifs is 1. The molecule has 0 saturated carbocycles. The van der Waals surface area contributed by atoms with Gasteiger partial charge >= 0.3 is 0 Å². The van der Waals surface area contributed by atoms with E-state index in [2.05, 4.69) is 29.2 Å². The Labute approximate surface area is 149 Å². The smallest absolute Gasteiger partial charge is 0.282 e. The van der Waals surface area contributed by atoms with E-state index in [4.69, 9.17) is 0 Å². The van der Waals surface area contributed by atoms with Crippen molar-refractivity contribution in [2.75, 3.05) is 18.8 Å². The van der Waals surface area contributed by atoms with E-state index >= 15 is 0 Å². The number of para-hydroxylation sites is 1. The highest BCUT2D eigenvalue weighted by Crippen LogP contribution is 2.34. The molecule has 0 spiro atoms. The first kappa shape index (κ1) is 15.7. The minimum absolute atomic E-state index is 0.0745. The van der Waals surface area contributed by atoms with Crippen LogP contribution in [0.25, 0.3) is 10.2 Å². The highest BCUT2D eigenvalue weighted by atomic mass is 32.2. The molecule has 2 aromatic carbocycles. The molecule has 24 heavy (non-hydrogen) atoms. The molecule has 1 amide bonds. The first-order valence-corrected chi connectivity index (χ1v) is 9.99. The lowest BCUT2D eigenvalue weighted by molar-refractivity contribution is 0.0766. The van der Waals surface area contributed by atoms with Crippen LogP contribution in [-0.4, -0.2) is 34.6 Å². The number of hydrogen-bond acceptors (Lipinski definition) is 4. The van der Waals surface area contributed by atoms with Gasteiger partial charge < -0.3 is 4.90 Å². The van der Waals surface area contributed by atoms with Crippen LogP contribution in [0.4, 0.5) is 0 Å². The van der Waals surface area contributed by atoms with E-state index in [-0.39, 0.29) is 5.91 Å². The average Bonchev–Trinajstić information content (AvgIpc) is 2.91. The summed E-state index contributed by atoms with van der Waals surface area (Å²) in [6.07, 6.45) is 0.991. The Morgan fingerprint density at radius 2 is 1.83 bits per heavy atom. The predicted octanol–water partition coefficient (Wildman–Crippen LogP) is 4.62. The van der Waals surface area contributed by atoms with E-state index in [1.165, 1.54) is 16.9 Å². The number of thiazole rings is 1. The van der Waals surface area contributed by atoms with Crippen molar-refractivity contribution < 1.29 is 4.79 Å². The fourth-order valence-electron chi connectivity index (χ4n) is 3.01. The molecule has 1 aliphatic heterocycles. The Bertz CT molecular complexity index is 814. The molecule has 4 rings (SSSR count). The summed E-state index contributed by atoms with van der Waals surface area (Å²) in [5.74, 6) is 1.04. The average molecular weight is 355 g/mol. The third kappa shape index (κ3) is 3.19. The van der Waals surface area contributed by atoms with Crippen molar-refractivity contribution in [3.63, 3.8) is 0 Å². The third-order valence-electron chi connectivity index (χ3n) is 4.28. The van der Waals surface area contributed by atoms with Crippen LogP contribution in [0.5, 0.6) is 0 Å². The van der Waals surface area contributed by atoms with Gasteiger partial charge in [-0.15, -0.1) is 11.3 Å². The molecule has 122 valence electrons. The quantitative estimate of drug-likeness (QED) is 0.673. The lowest BCUT2D eigenvalue weighted by atomic mass is 10.1. The van der Waals surface area contributed by atoms with Crippen molar-refractivity contribution in [2.24, 2.45) is 0 Å². The van der Waals surface area contributed by atoms with Gasteiger partial charge in [0, 0.05) is 24.1 Å². The first-order valence-electron chi connectivity index (χ1n) is 8.12. The highest BCUT2D eigenvalue weighted by molar-refractivity contribution is 7.99. The molecule has 1 saturated heterocycles. The number of thioether (sulfide) groups is 1. The Morgan fingerprint density at radius 3 is 2.67 bits per heavy atom. The maximum Gasteiger partial charge on any atom is 0.282 e. The zero-order valence-corrected chi connectivity index (χ0v) is 14.9. The summed E-state index contributed by atoms with van der Waals surface area (Å²) in [7, 11) is 0. The Morgan fingerprint density at radius 1 is 1.04 bits per heavy atom. The molecule has 1 atom stereocenters.